The summed E-state index contributed by atoms with van der Waals surface area (Å²) in [4.78, 5) is 2.73. The molecule has 0 aromatic carbocycles. The average Bonchev–Trinajstić information content (AvgIpc) is 2.38. The molecule has 17 heavy (non-hydrogen) atoms. The lowest BCUT2D eigenvalue weighted by Crippen LogP contribution is -2.52. The SMILES string of the molecule is CCC(C)C(N)CN1CCC[C@H]2CCCC[C@H]21. The van der Waals surface area contributed by atoms with Gasteiger partial charge in [-0.2, -0.15) is 0 Å². The molecule has 2 N–H and O–H groups in total. The number of nitrogens with zero attached hydrogens (tertiary/aromatic N) is 1. The lowest BCUT2D eigenvalue weighted by atomic mass is 9.78. The van der Waals surface area contributed by atoms with E-state index >= 15 is 0 Å². The van der Waals surface area contributed by atoms with Gasteiger partial charge in [-0.15, -0.1) is 0 Å². The van der Waals surface area contributed by atoms with Crippen LogP contribution >= 0.6 is 0 Å². The van der Waals surface area contributed by atoms with E-state index in [1.807, 2.05) is 0 Å². The molecule has 2 heteroatoms. The zero-order valence-electron chi connectivity index (χ0n) is 11.7. The van der Waals surface area contributed by atoms with Crippen LogP contribution < -0.4 is 5.73 Å². The summed E-state index contributed by atoms with van der Waals surface area (Å²) in [6.07, 6.45) is 9.89. The molecule has 2 fully saturated rings. The van der Waals surface area contributed by atoms with Crippen molar-refractivity contribution < 1.29 is 0 Å². The minimum atomic E-state index is 0.376. The third-order valence-electron chi connectivity index (χ3n) is 5.18. The Balaban J connectivity index is 1.90. The minimum absolute atomic E-state index is 0.376. The van der Waals surface area contributed by atoms with Crippen LogP contribution in [0.2, 0.25) is 0 Å². The second-order valence-electron chi connectivity index (χ2n) is 6.30. The van der Waals surface area contributed by atoms with Crippen LogP contribution in [-0.4, -0.2) is 30.1 Å². The molecule has 0 radical (unpaired) electrons. The molecule has 2 rings (SSSR count). The molecular weight excluding hydrogens is 208 g/mol. The van der Waals surface area contributed by atoms with Gasteiger partial charge in [0.15, 0.2) is 0 Å². The van der Waals surface area contributed by atoms with Crippen molar-refractivity contribution in [1.29, 1.82) is 0 Å². The summed E-state index contributed by atoms with van der Waals surface area (Å²) in [6, 6.07) is 1.24. The first-order chi connectivity index (χ1) is 8.22. The van der Waals surface area contributed by atoms with E-state index in [-0.39, 0.29) is 0 Å². The van der Waals surface area contributed by atoms with E-state index in [1.165, 1.54) is 51.5 Å². The molecule has 0 spiro atoms. The zero-order valence-corrected chi connectivity index (χ0v) is 11.7. The Morgan fingerprint density at radius 2 is 1.88 bits per heavy atom. The summed E-state index contributed by atoms with van der Waals surface area (Å²) in [5.41, 5.74) is 6.34. The Morgan fingerprint density at radius 3 is 2.65 bits per heavy atom. The van der Waals surface area contributed by atoms with E-state index < -0.39 is 0 Å². The molecule has 1 aliphatic carbocycles. The van der Waals surface area contributed by atoms with Gasteiger partial charge in [0.05, 0.1) is 0 Å². The molecule has 1 aliphatic heterocycles. The largest absolute Gasteiger partial charge is 0.326 e. The second-order valence-corrected chi connectivity index (χ2v) is 6.30. The number of rotatable bonds is 4. The predicted octanol–water partition coefficient (Wildman–Crippen LogP) is 3.01. The van der Waals surface area contributed by atoms with Crippen LogP contribution in [0.5, 0.6) is 0 Å². The van der Waals surface area contributed by atoms with Gasteiger partial charge < -0.3 is 5.73 Å². The molecule has 0 aromatic rings. The smallest absolute Gasteiger partial charge is 0.0193 e. The lowest BCUT2D eigenvalue weighted by Gasteiger charge is -2.45. The second kappa shape index (κ2) is 6.19. The molecule has 1 saturated carbocycles. The van der Waals surface area contributed by atoms with Gasteiger partial charge in [0.1, 0.15) is 0 Å². The van der Waals surface area contributed by atoms with Crippen molar-refractivity contribution in [3.05, 3.63) is 0 Å². The van der Waals surface area contributed by atoms with E-state index in [0.717, 1.165) is 18.5 Å². The van der Waals surface area contributed by atoms with E-state index in [0.29, 0.717) is 12.0 Å². The number of likely N-dealkylation sites (tertiary alicyclic amines) is 1. The van der Waals surface area contributed by atoms with E-state index in [4.69, 9.17) is 5.73 Å². The van der Waals surface area contributed by atoms with Crippen molar-refractivity contribution >= 4 is 0 Å². The topological polar surface area (TPSA) is 29.3 Å². The number of nitrogens with two attached hydrogens (primary N) is 1. The first-order valence-corrected chi connectivity index (χ1v) is 7.72. The maximum absolute atomic E-state index is 6.34. The summed E-state index contributed by atoms with van der Waals surface area (Å²) in [5.74, 6) is 1.65. The van der Waals surface area contributed by atoms with Crippen LogP contribution in [0, 0.1) is 11.8 Å². The predicted molar refractivity (Wildman–Crippen MR) is 74.0 cm³/mol. The van der Waals surface area contributed by atoms with Gasteiger partial charge in [-0.3, -0.25) is 4.90 Å². The number of piperidine rings is 1. The molecule has 4 atom stereocenters. The zero-order chi connectivity index (χ0) is 12.3. The summed E-state index contributed by atoms with van der Waals surface area (Å²) in [6.45, 7) is 6.98. The molecule has 0 aromatic heterocycles. The summed E-state index contributed by atoms with van der Waals surface area (Å²) in [5, 5.41) is 0. The van der Waals surface area contributed by atoms with Gasteiger partial charge in [0.2, 0.25) is 0 Å². The first-order valence-electron chi connectivity index (χ1n) is 7.72. The third kappa shape index (κ3) is 3.23. The van der Waals surface area contributed by atoms with E-state index in [2.05, 4.69) is 18.7 Å². The molecule has 1 saturated heterocycles. The van der Waals surface area contributed by atoms with Gasteiger partial charge in [0.25, 0.3) is 0 Å². The van der Waals surface area contributed by atoms with Crippen molar-refractivity contribution in [2.24, 2.45) is 17.6 Å². The first kappa shape index (κ1) is 13.4. The van der Waals surface area contributed by atoms with Crippen molar-refractivity contribution in [3.8, 4) is 0 Å². The number of fused-ring (bicyclic) bond motifs is 1. The molecule has 2 nitrogen and oxygen atoms in total. The number of hydrogen-bond acceptors (Lipinski definition) is 2. The van der Waals surface area contributed by atoms with E-state index in [9.17, 15) is 0 Å². The third-order valence-corrected chi connectivity index (χ3v) is 5.18. The van der Waals surface area contributed by atoms with Crippen LogP contribution in [0.3, 0.4) is 0 Å². The Bertz CT molecular complexity index is 227. The van der Waals surface area contributed by atoms with Crippen LogP contribution in [0.4, 0.5) is 0 Å². The molecule has 1 heterocycles. The quantitative estimate of drug-likeness (QED) is 0.816. The van der Waals surface area contributed by atoms with Gasteiger partial charge in [-0.25, -0.2) is 0 Å². The highest BCUT2D eigenvalue weighted by atomic mass is 15.2. The maximum atomic E-state index is 6.34. The van der Waals surface area contributed by atoms with Crippen molar-refractivity contribution in [3.63, 3.8) is 0 Å². The standard InChI is InChI=1S/C15H30N2/c1-3-12(2)14(16)11-17-10-6-8-13-7-4-5-9-15(13)17/h12-15H,3-11,16H2,1-2H3/t12?,13-,14?,15-/m1/s1. The van der Waals surface area contributed by atoms with Gasteiger partial charge in [0, 0.05) is 18.6 Å². The lowest BCUT2D eigenvalue weighted by molar-refractivity contribution is 0.0516. The fraction of sp³-hybridized carbons (Fsp3) is 1.00. The Hall–Kier alpha value is -0.0800. The van der Waals surface area contributed by atoms with Gasteiger partial charge in [-0.1, -0.05) is 33.1 Å². The molecule has 2 unspecified atom stereocenters. The summed E-state index contributed by atoms with van der Waals surface area (Å²) < 4.78 is 0. The summed E-state index contributed by atoms with van der Waals surface area (Å²) in [7, 11) is 0. The fourth-order valence-corrected chi connectivity index (χ4v) is 3.71. The van der Waals surface area contributed by atoms with Gasteiger partial charge in [-0.05, 0) is 44.1 Å². The van der Waals surface area contributed by atoms with Crippen molar-refractivity contribution in [2.75, 3.05) is 13.1 Å². The average molecular weight is 238 g/mol. The highest BCUT2D eigenvalue weighted by molar-refractivity contribution is 4.89. The monoisotopic (exact) mass is 238 g/mol. The minimum Gasteiger partial charge on any atom is -0.326 e. The Kier molecular flexibility index (Phi) is 4.87. The normalized spacial score (nSPS) is 34.1. The van der Waals surface area contributed by atoms with Crippen molar-refractivity contribution in [1.82, 2.24) is 4.90 Å². The highest BCUT2D eigenvalue weighted by Crippen LogP contribution is 2.35. The van der Waals surface area contributed by atoms with Crippen molar-refractivity contribution in [2.45, 2.75) is 70.9 Å². The maximum Gasteiger partial charge on any atom is 0.0193 e. The van der Waals surface area contributed by atoms with Crippen LogP contribution in [0.25, 0.3) is 0 Å². The van der Waals surface area contributed by atoms with Crippen LogP contribution in [-0.2, 0) is 0 Å². The fourth-order valence-electron chi connectivity index (χ4n) is 3.71. The molecule has 0 bridgehead atoms. The summed E-state index contributed by atoms with van der Waals surface area (Å²) >= 11 is 0. The molecule has 0 amide bonds. The molecule has 2 aliphatic rings. The van der Waals surface area contributed by atoms with Gasteiger partial charge >= 0.3 is 0 Å². The van der Waals surface area contributed by atoms with Crippen LogP contribution in [0.15, 0.2) is 0 Å². The molecule has 100 valence electrons. The highest BCUT2D eigenvalue weighted by Gasteiger charge is 2.33. The molecular formula is C15H30N2. The van der Waals surface area contributed by atoms with E-state index in [1.54, 1.807) is 0 Å². The Labute approximate surface area is 107 Å². The van der Waals surface area contributed by atoms with Crippen LogP contribution in [0.1, 0.15) is 58.8 Å². The Morgan fingerprint density at radius 1 is 1.18 bits per heavy atom. The number of hydrogen-bond donors (Lipinski definition) is 1.